The molecule has 0 bridgehead atoms. The fraction of sp³-hybridized carbons (Fsp3) is 0.733. The molecule has 4 nitrogen and oxygen atoms in total. The molecule has 4 heteroatoms. The van der Waals surface area contributed by atoms with E-state index >= 15 is 0 Å². The van der Waals surface area contributed by atoms with Crippen molar-refractivity contribution in [2.45, 2.75) is 64.1 Å². The maximum Gasteiger partial charge on any atom is 0.225 e. The summed E-state index contributed by atoms with van der Waals surface area (Å²) in [4.78, 5) is 11.5. The standard InChI is InChI=1S/C15H24N4/c1-2-19(14-5-3-4-6-14)15-17-10-12(11-18-15)9-16-13-7-8-13/h10-11,13-14,16H,2-9H2,1H3. The van der Waals surface area contributed by atoms with Crippen molar-refractivity contribution < 1.29 is 0 Å². The van der Waals surface area contributed by atoms with Crippen LogP contribution in [0.3, 0.4) is 0 Å². The van der Waals surface area contributed by atoms with E-state index in [1.807, 2.05) is 12.4 Å². The van der Waals surface area contributed by atoms with Crippen LogP contribution in [0.2, 0.25) is 0 Å². The quantitative estimate of drug-likeness (QED) is 0.853. The summed E-state index contributed by atoms with van der Waals surface area (Å²) < 4.78 is 0. The van der Waals surface area contributed by atoms with Crippen LogP contribution in [-0.2, 0) is 6.54 Å². The minimum absolute atomic E-state index is 0.653. The molecule has 1 N–H and O–H groups in total. The molecule has 0 unspecified atom stereocenters. The molecule has 1 aromatic rings. The molecule has 0 spiro atoms. The Hall–Kier alpha value is -1.16. The molecule has 1 heterocycles. The highest BCUT2D eigenvalue weighted by atomic mass is 15.3. The molecule has 3 rings (SSSR count). The Morgan fingerprint density at radius 1 is 1.16 bits per heavy atom. The van der Waals surface area contributed by atoms with Crippen LogP contribution in [0.15, 0.2) is 12.4 Å². The monoisotopic (exact) mass is 260 g/mol. The van der Waals surface area contributed by atoms with E-state index in [9.17, 15) is 0 Å². The van der Waals surface area contributed by atoms with Gasteiger partial charge < -0.3 is 10.2 Å². The van der Waals surface area contributed by atoms with Crippen molar-refractivity contribution in [3.05, 3.63) is 18.0 Å². The number of hydrogen-bond acceptors (Lipinski definition) is 4. The Morgan fingerprint density at radius 3 is 2.42 bits per heavy atom. The van der Waals surface area contributed by atoms with Gasteiger partial charge >= 0.3 is 0 Å². The molecule has 1 aromatic heterocycles. The number of aromatic nitrogens is 2. The van der Waals surface area contributed by atoms with Gasteiger partial charge in [-0.2, -0.15) is 0 Å². The van der Waals surface area contributed by atoms with E-state index in [-0.39, 0.29) is 0 Å². The molecule has 0 aromatic carbocycles. The summed E-state index contributed by atoms with van der Waals surface area (Å²) >= 11 is 0. The highest BCUT2D eigenvalue weighted by molar-refractivity contribution is 5.32. The Labute approximate surface area is 115 Å². The van der Waals surface area contributed by atoms with Gasteiger partial charge in [0.1, 0.15) is 0 Å². The van der Waals surface area contributed by atoms with Crippen molar-refractivity contribution in [1.82, 2.24) is 15.3 Å². The number of hydrogen-bond donors (Lipinski definition) is 1. The topological polar surface area (TPSA) is 41.1 Å². The largest absolute Gasteiger partial charge is 0.338 e. The van der Waals surface area contributed by atoms with E-state index < -0.39 is 0 Å². The maximum absolute atomic E-state index is 4.57. The van der Waals surface area contributed by atoms with Crippen molar-refractivity contribution in [1.29, 1.82) is 0 Å². The van der Waals surface area contributed by atoms with E-state index in [4.69, 9.17) is 0 Å². The van der Waals surface area contributed by atoms with Crippen LogP contribution in [0.25, 0.3) is 0 Å². The van der Waals surface area contributed by atoms with Gasteiger partial charge in [-0.1, -0.05) is 12.8 Å². The van der Waals surface area contributed by atoms with Crippen LogP contribution in [0.1, 0.15) is 51.0 Å². The van der Waals surface area contributed by atoms with E-state index in [1.165, 1.54) is 44.1 Å². The lowest BCUT2D eigenvalue weighted by atomic mass is 10.2. The van der Waals surface area contributed by atoms with E-state index in [0.29, 0.717) is 6.04 Å². The highest BCUT2D eigenvalue weighted by Gasteiger charge is 2.23. The van der Waals surface area contributed by atoms with Gasteiger partial charge in [-0.15, -0.1) is 0 Å². The van der Waals surface area contributed by atoms with Crippen LogP contribution in [0.4, 0.5) is 5.95 Å². The molecule has 2 aliphatic rings. The van der Waals surface area contributed by atoms with Crippen LogP contribution in [0.5, 0.6) is 0 Å². The van der Waals surface area contributed by atoms with Crippen molar-refractivity contribution in [3.8, 4) is 0 Å². The first-order valence-electron chi connectivity index (χ1n) is 7.67. The molecule has 19 heavy (non-hydrogen) atoms. The fourth-order valence-electron chi connectivity index (χ4n) is 2.92. The maximum atomic E-state index is 4.57. The second-order valence-corrected chi connectivity index (χ2v) is 5.77. The molecule has 0 radical (unpaired) electrons. The predicted octanol–water partition coefficient (Wildman–Crippen LogP) is 2.50. The van der Waals surface area contributed by atoms with Crippen LogP contribution in [0, 0.1) is 0 Å². The summed E-state index contributed by atoms with van der Waals surface area (Å²) in [7, 11) is 0. The summed E-state index contributed by atoms with van der Waals surface area (Å²) in [5.41, 5.74) is 1.19. The smallest absolute Gasteiger partial charge is 0.225 e. The van der Waals surface area contributed by atoms with Crippen LogP contribution in [-0.4, -0.2) is 28.6 Å². The van der Waals surface area contributed by atoms with Gasteiger partial charge in [0.2, 0.25) is 5.95 Å². The van der Waals surface area contributed by atoms with Crippen LogP contribution < -0.4 is 10.2 Å². The van der Waals surface area contributed by atoms with Gasteiger partial charge in [-0.05, 0) is 32.6 Å². The lowest BCUT2D eigenvalue weighted by Crippen LogP contribution is -2.34. The Bertz CT molecular complexity index is 393. The summed E-state index contributed by atoms with van der Waals surface area (Å²) in [5, 5.41) is 3.50. The van der Waals surface area contributed by atoms with E-state index in [0.717, 1.165) is 25.1 Å². The van der Waals surface area contributed by atoms with Gasteiger partial charge in [0.25, 0.3) is 0 Å². The third kappa shape index (κ3) is 3.24. The number of nitrogens with zero attached hydrogens (tertiary/aromatic N) is 3. The van der Waals surface area contributed by atoms with Gasteiger partial charge in [0, 0.05) is 43.1 Å². The highest BCUT2D eigenvalue weighted by Crippen LogP contribution is 2.26. The number of anilines is 1. The molecular formula is C15H24N4. The lowest BCUT2D eigenvalue weighted by molar-refractivity contribution is 0.603. The lowest BCUT2D eigenvalue weighted by Gasteiger charge is -2.27. The predicted molar refractivity (Wildman–Crippen MR) is 77.2 cm³/mol. The average Bonchev–Trinajstić information content (AvgIpc) is 3.13. The van der Waals surface area contributed by atoms with Gasteiger partial charge in [0.15, 0.2) is 0 Å². The zero-order valence-electron chi connectivity index (χ0n) is 11.8. The normalized spacial score (nSPS) is 19.8. The number of rotatable bonds is 6. The Kier molecular flexibility index (Phi) is 3.97. The molecule has 0 saturated heterocycles. The summed E-state index contributed by atoms with van der Waals surface area (Å²) in [6.45, 7) is 4.11. The SMILES string of the molecule is CCN(c1ncc(CNC2CC2)cn1)C1CCCC1. The summed E-state index contributed by atoms with van der Waals surface area (Å²) in [5.74, 6) is 0.907. The first-order valence-corrected chi connectivity index (χ1v) is 7.67. The van der Waals surface area contributed by atoms with E-state index in [1.54, 1.807) is 0 Å². The third-order valence-corrected chi connectivity index (χ3v) is 4.23. The Balaban J connectivity index is 1.62. The molecule has 2 fully saturated rings. The molecule has 0 amide bonds. The van der Waals surface area contributed by atoms with Crippen molar-refractivity contribution in [3.63, 3.8) is 0 Å². The fourth-order valence-corrected chi connectivity index (χ4v) is 2.92. The van der Waals surface area contributed by atoms with Crippen LogP contribution >= 0.6 is 0 Å². The second-order valence-electron chi connectivity index (χ2n) is 5.77. The first-order chi connectivity index (χ1) is 9.36. The molecule has 2 saturated carbocycles. The minimum Gasteiger partial charge on any atom is -0.338 e. The first kappa shape index (κ1) is 12.9. The van der Waals surface area contributed by atoms with Gasteiger partial charge in [-0.3, -0.25) is 0 Å². The average molecular weight is 260 g/mol. The Morgan fingerprint density at radius 2 is 1.84 bits per heavy atom. The van der Waals surface area contributed by atoms with Gasteiger partial charge in [0.05, 0.1) is 0 Å². The van der Waals surface area contributed by atoms with Crippen molar-refractivity contribution in [2.75, 3.05) is 11.4 Å². The third-order valence-electron chi connectivity index (χ3n) is 4.23. The molecule has 2 aliphatic carbocycles. The van der Waals surface area contributed by atoms with E-state index in [2.05, 4.69) is 27.1 Å². The minimum atomic E-state index is 0.653. The zero-order chi connectivity index (χ0) is 13.1. The molecular weight excluding hydrogens is 236 g/mol. The summed E-state index contributed by atoms with van der Waals surface area (Å²) in [6.07, 6.45) is 11.9. The number of nitrogens with one attached hydrogen (secondary N) is 1. The zero-order valence-corrected chi connectivity index (χ0v) is 11.8. The molecule has 0 atom stereocenters. The molecule has 0 aliphatic heterocycles. The van der Waals surface area contributed by atoms with Gasteiger partial charge in [-0.25, -0.2) is 9.97 Å². The van der Waals surface area contributed by atoms with Crippen molar-refractivity contribution in [2.24, 2.45) is 0 Å². The summed E-state index contributed by atoms with van der Waals surface area (Å²) in [6, 6.07) is 1.39. The second kappa shape index (κ2) is 5.87. The van der Waals surface area contributed by atoms with Crippen molar-refractivity contribution >= 4 is 5.95 Å². The molecule has 104 valence electrons.